The molecule has 2 aromatic rings. The number of non-ortho nitro benzene ring substituents is 1. The summed E-state index contributed by atoms with van der Waals surface area (Å²) < 4.78 is 25.3. The topological polar surface area (TPSA) is 118 Å². The maximum Gasteiger partial charge on any atom is 0.271 e. The molecule has 0 atom stereocenters. The summed E-state index contributed by atoms with van der Waals surface area (Å²) in [6, 6.07) is 9.44. The molecule has 2 N–H and O–H groups in total. The highest BCUT2D eigenvalue weighted by molar-refractivity contribution is 7.92. The quantitative estimate of drug-likeness (QED) is 0.586. The van der Waals surface area contributed by atoms with E-state index in [1.807, 2.05) is 0 Å². The van der Waals surface area contributed by atoms with Gasteiger partial charge in [-0.25, -0.2) is 8.42 Å². The molecule has 0 heterocycles. The van der Waals surface area contributed by atoms with Crippen molar-refractivity contribution in [2.45, 2.75) is 6.92 Å². The summed E-state index contributed by atoms with van der Waals surface area (Å²) in [6.45, 7) is 1.51. The first kappa shape index (κ1) is 18.7. The number of nitro groups is 1. The third-order valence-corrected chi connectivity index (χ3v) is 4.85. The number of nitrogens with zero attached hydrogens (tertiary/aromatic N) is 1. The molecule has 132 valence electrons. The van der Waals surface area contributed by atoms with Crippen LogP contribution >= 0.6 is 11.6 Å². The van der Waals surface area contributed by atoms with Crippen molar-refractivity contribution in [2.24, 2.45) is 0 Å². The molecule has 0 aromatic heterocycles. The van der Waals surface area contributed by atoms with E-state index in [1.165, 1.54) is 43.3 Å². The Balaban J connectivity index is 2.16. The SMILES string of the molecule is CCS(=O)(=O)Nc1ccc(C(=O)Nc2cc([N+](=O)[O-])ccc2Cl)cc1. The normalized spacial score (nSPS) is 11.0. The summed E-state index contributed by atoms with van der Waals surface area (Å²) in [5, 5.41) is 13.4. The van der Waals surface area contributed by atoms with Crippen LogP contribution in [0, 0.1) is 10.1 Å². The molecule has 0 spiro atoms. The summed E-state index contributed by atoms with van der Waals surface area (Å²) in [5.74, 6) is -0.604. The Hall–Kier alpha value is -2.65. The minimum Gasteiger partial charge on any atom is -0.320 e. The maximum atomic E-state index is 12.2. The number of nitro benzene ring substituents is 1. The Morgan fingerprint density at radius 2 is 1.84 bits per heavy atom. The third-order valence-electron chi connectivity index (χ3n) is 3.21. The van der Waals surface area contributed by atoms with E-state index in [4.69, 9.17) is 11.6 Å². The van der Waals surface area contributed by atoms with Gasteiger partial charge in [-0.2, -0.15) is 0 Å². The number of rotatable bonds is 6. The lowest BCUT2D eigenvalue weighted by Crippen LogP contribution is -2.15. The molecule has 0 saturated heterocycles. The first-order valence-corrected chi connectivity index (χ1v) is 9.10. The van der Waals surface area contributed by atoms with Crippen molar-refractivity contribution >= 4 is 44.6 Å². The standard InChI is InChI=1S/C15H14ClN3O5S/c1-2-25(23,24)18-11-5-3-10(4-6-11)15(20)17-14-9-12(19(21)22)7-8-13(14)16/h3-9,18H,2H2,1H3,(H,17,20). The van der Waals surface area contributed by atoms with Gasteiger partial charge in [0.05, 0.1) is 21.4 Å². The highest BCUT2D eigenvalue weighted by atomic mass is 35.5. The number of hydrogen-bond acceptors (Lipinski definition) is 5. The second-order valence-electron chi connectivity index (χ2n) is 4.96. The molecule has 0 unspecified atom stereocenters. The van der Waals surface area contributed by atoms with Gasteiger partial charge in [-0.1, -0.05) is 11.6 Å². The molecule has 1 amide bonds. The van der Waals surface area contributed by atoms with Crippen LogP contribution in [0.25, 0.3) is 0 Å². The number of carbonyl (C=O) groups is 1. The van der Waals surface area contributed by atoms with Crippen molar-refractivity contribution < 1.29 is 18.1 Å². The van der Waals surface area contributed by atoms with E-state index in [9.17, 15) is 23.3 Å². The molecule has 25 heavy (non-hydrogen) atoms. The molecule has 2 rings (SSSR count). The molecule has 0 aliphatic heterocycles. The van der Waals surface area contributed by atoms with Gasteiger partial charge in [-0.3, -0.25) is 19.6 Å². The minimum absolute atomic E-state index is 0.0689. The van der Waals surface area contributed by atoms with Gasteiger partial charge >= 0.3 is 0 Å². The van der Waals surface area contributed by atoms with Gasteiger partial charge in [0.2, 0.25) is 10.0 Å². The Kier molecular flexibility index (Phi) is 5.60. The minimum atomic E-state index is -3.40. The highest BCUT2D eigenvalue weighted by Crippen LogP contribution is 2.27. The second-order valence-corrected chi connectivity index (χ2v) is 7.38. The largest absolute Gasteiger partial charge is 0.320 e. The molecule has 10 heteroatoms. The average molecular weight is 384 g/mol. The fourth-order valence-corrected chi connectivity index (χ4v) is 2.66. The van der Waals surface area contributed by atoms with Gasteiger partial charge in [0, 0.05) is 23.4 Å². The van der Waals surface area contributed by atoms with Gasteiger partial charge in [0.15, 0.2) is 0 Å². The van der Waals surface area contributed by atoms with Gasteiger partial charge in [-0.15, -0.1) is 0 Å². The van der Waals surface area contributed by atoms with Crippen molar-refractivity contribution in [3.63, 3.8) is 0 Å². The lowest BCUT2D eigenvalue weighted by molar-refractivity contribution is -0.384. The van der Waals surface area contributed by atoms with E-state index in [-0.39, 0.29) is 27.7 Å². The molecule has 2 aromatic carbocycles. The summed E-state index contributed by atoms with van der Waals surface area (Å²) in [5.41, 5.74) is 0.467. The van der Waals surface area contributed by atoms with Crippen molar-refractivity contribution in [1.82, 2.24) is 0 Å². The first-order valence-electron chi connectivity index (χ1n) is 7.07. The summed E-state index contributed by atoms with van der Waals surface area (Å²) in [7, 11) is -3.40. The van der Waals surface area contributed by atoms with Gasteiger partial charge in [0.1, 0.15) is 0 Å². The number of amides is 1. The first-order chi connectivity index (χ1) is 11.7. The second kappa shape index (κ2) is 7.49. The monoisotopic (exact) mass is 383 g/mol. The zero-order valence-electron chi connectivity index (χ0n) is 13.0. The lowest BCUT2D eigenvalue weighted by Gasteiger charge is -2.09. The molecule has 0 radical (unpaired) electrons. The van der Waals surface area contributed by atoms with E-state index in [2.05, 4.69) is 10.0 Å². The van der Waals surface area contributed by atoms with Crippen molar-refractivity contribution in [1.29, 1.82) is 0 Å². The van der Waals surface area contributed by atoms with Crippen LogP contribution in [-0.4, -0.2) is 25.0 Å². The van der Waals surface area contributed by atoms with Crippen LogP contribution in [0.5, 0.6) is 0 Å². The van der Waals surface area contributed by atoms with Crippen molar-refractivity contribution in [3.8, 4) is 0 Å². The average Bonchev–Trinajstić information content (AvgIpc) is 2.57. The Morgan fingerprint density at radius 3 is 2.40 bits per heavy atom. The zero-order valence-corrected chi connectivity index (χ0v) is 14.6. The lowest BCUT2D eigenvalue weighted by atomic mass is 10.2. The Bertz CT molecular complexity index is 913. The number of nitrogens with one attached hydrogen (secondary N) is 2. The maximum absolute atomic E-state index is 12.2. The van der Waals surface area contributed by atoms with Gasteiger partial charge in [-0.05, 0) is 37.3 Å². The number of anilines is 2. The molecular formula is C15H14ClN3O5S. The van der Waals surface area contributed by atoms with Gasteiger partial charge in [0.25, 0.3) is 11.6 Å². The fourth-order valence-electron chi connectivity index (χ4n) is 1.86. The van der Waals surface area contributed by atoms with Crippen molar-refractivity contribution in [2.75, 3.05) is 15.8 Å². The third kappa shape index (κ3) is 4.91. The van der Waals surface area contributed by atoms with Crippen LogP contribution in [0.3, 0.4) is 0 Å². The predicted octanol–water partition coefficient (Wildman–Crippen LogP) is 3.26. The molecular weight excluding hydrogens is 370 g/mol. The van der Waals surface area contributed by atoms with Crippen molar-refractivity contribution in [3.05, 3.63) is 63.2 Å². The van der Waals surface area contributed by atoms with E-state index in [1.54, 1.807) is 0 Å². The number of carbonyl (C=O) groups excluding carboxylic acids is 1. The van der Waals surface area contributed by atoms with Gasteiger partial charge < -0.3 is 5.32 Å². The van der Waals surface area contributed by atoms with E-state index in [0.29, 0.717) is 5.69 Å². The molecule has 0 aliphatic carbocycles. The summed E-state index contributed by atoms with van der Waals surface area (Å²) in [4.78, 5) is 22.4. The number of sulfonamides is 1. The van der Waals surface area contributed by atoms with Crippen LogP contribution in [-0.2, 0) is 10.0 Å². The molecule has 0 aliphatic rings. The van der Waals surface area contributed by atoms with E-state index >= 15 is 0 Å². The van der Waals surface area contributed by atoms with Crippen LogP contribution < -0.4 is 10.0 Å². The molecule has 0 fully saturated rings. The smallest absolute Gasteiger partial charge is 0.271 e. The van der Waals surface area contributed by atoms with Crippen LogP contribution in [0.2, 0.25) is 5.02 Å². The number of hydrogen-bond donors (Lipinski definition) is 2. The molecule has 0 saturated carbocycles. The molecule has 0 bridgehead atoms. The van der Waals surface area contributed by atoms with E-state index in [0.717, 1.165) is 6.07 Å². The summed E-state index contributed by atoms with van der Waals surface area (Å²) in [6.07, 6.45) is 0. The zero-order chi connectivity index (χ0) is 18.6. The Labute approximate surface area is 149 Å². The fraction of sp³-hybridized carbons (Fsp3) is 0.133. The number of benzene rings is 2. The highest BCUT2D eigenvalue weighted by Gasteiger charge is 2.14. The Morgan fingerprint density at radius 1 is 1.20 bits per heavy atom. The summed E-state index contributed by atoms with van der Waals surface area (Å²) >= 11 is 5.93. The number of halogens is 1. The van der Waals surface area contributed by atoms with Crippen LogP contribution in [0.1, 0.15) is 17.3 Å². The molecule has 8 nitrogen and oxygen atoms in total. The van der Waals surface area contributed by atoms with E-state index < -0.39 is 20.9 Å². The predicted molar refractivity (Wildman–Crippen MR) is 95.6 cm³/mol. The van der Waals surface area contributed by atoms with Crippen LogP contribution in [0.4, 0.5) is 17.1 Å². The van der Waals surface area contributed by atoms with Crippen LogP contribution in [0.15, 0.2) is 42.5 Å².